The number of aryl methyl sites for hydroxylation is 1. The average molecular weight is 319 g/mol. The summed E-state index contributed by atoms with van der Waals surface area (Å²) in [6.45, 7) is 6.86. The zero-order valence-corrected chi connectivity index (χ0v) is 12.9. The lowest BCUT2D eigenvalue weighted by Crippen LogP contribution is -2.29. The first kappa shape index (κ1) is 15.7. The lowest BCUT2D eigenvalue weighted by atomic mass is 9.91. The normalized spacial score (nSPS) is 15.1. The molecule has 1 heterocycles. The summed E-state index contributed by atoms with van der Waals surface area (Å²) in [6.07, 6.45) is 2.69. The third kappa shape index (κ3) is 3.33. The van der Waals surface area contributed by atoms with Gasteiger partial charge in [0.2, 0.25) is 0 Å². The van der Waals surface area contributed by atoms with Crippen LogP contribution in [0.2, 0.25) is 0 Å². The van der Waals surface area contributed by atoms with Crippen molar-refractivity contribution in [1.29, 1.82) is 0 Å². The standard InChI is InChI=1S/C13H23BrN2O2/c1-4-7-16-11(10(14)8-15-16)13(18)12(17)9(5-2)6-3/h8-9,12-13,17-18H,4-7H2,1-3H3. The van der Waals surface area contributed by atoms with Crippen molar-refractivity contribution in [2.75, 3.05) is 0 Å². The quantitative estimate of drug-likeness (QED) is 0.812. The van der Waals surface area contributed by atoms with E-state index in [1.807, 2.05) is 13.8 Å². The fourth-order valence-electron chi connectivity index (χ4n) is 2.25. The smallest absolute Gasteiger partial charge is 0.123 e. The maximum absolute atomic E-state index is 10.4. The van der Waals surface area contributed by atoms with Crippen molar-refractivity contribution >= 4 is 15.9 Å². The Hall–Kier alpha value is -0.390. The number of aromatic nitrogens is 2. The van der Waals surface area contributed by atoms with Crippen molar-refractivity contribution in [2.45, 2.75) is 58.8 Å². The highest BCUT2D eigenvalue weighted by molar-refractivity contribution is 9.10. The Labute approximate surface area is 117 Å². The molecule has 1 aromatic heterocycles. The van der Waals surface area contributed by atoms with E-state index in [0.717, 1.165) is 30.3 Å². The van der Waals surface area contributed by atoms with E-state index in [2.05, 4.69) is 28.0 Å². The number of hydrogen-bond acceptors (Lipinski definition) is 3. The van der Waals surface area contributed by atoms with E-state index >= 15 is 0 Å². The minimum atomic E-state index is -0.890. The van der Waals surface area contributed by atoms with Crippen molar-refractivity contribution in [1.82, 2.24) is 9.78 Å². The van der Waals surface area contributed by atoms with Crippen LogP contribution in [0.25, 0.3) is 0 Å². The second-order valence-corrected chi connectivity index (χ2v) is 5.47. The summed E-state index contributed by atoms with van der Waals surface area (Å²) in [7, 11) is 0. The predicted octanol–water partition coefficient (Wildman–Crippen LogP) is 2.89. The maximum atomic E-state index is 10.4. The van der Waals surface area contributed by atoms with Crippen LogP contribution in [0.3, 0.4) is 0 Å². The van der Waals surface area contributed by atoms with Crippen molar-refractivity contribution in [3.05, 3.63) is 16.4 Å². The Morgan fingerprint density at radius 3 is 2.39 bits per heavy atom. The van der Waals surface area contributed by atoms with Gasteiger partial charge in [-0.3, -0.25) is 4.68 Å². The van der Waals surface area contributed by atoms with Gasteiger partial charge in [-0.1, -0.05) is 33.6 Å². The number of aliphatic hydroxyl groups is 2. The largest absolute Gasteiger partial charge is 0.390 e. The van der Waals surface area contributed by atoms with E-state index in [1.54, 1.807) is 10.9 Å². The summed E-state index contributed by atoms with van der Waals surface area (Å²) in [4.78, 5) is 0. The fraction of sp³-hybridized carbons (Fsp3) is 0.769. The number of nitrogens with zero attached hydrogens (tertiary/aromatic N) is 2. The summed E-state index contributed by atoms with van der Waals surface area (Å²) in [5.74, 6) is 0.108. The van der Waals surface area contributed by atoms with Crippen molar-refractivity contribution in [3.63, 3.8) is 0 Å². The Balaban J connectivity index is 2.94. The Morgan fingerprint density at radius 1 is 1.28 bits per heavy atom. The van der Waals surface area contributed by atoms with Crippen molar-refractivity contribution in [3.8, 4) is 0 Å². The third-order valence-corrected chi connectivity index (χ3v) is 4.02. The first-order valence-electron chi connectivity index (χ1n) is 6.64. The van der Waals surface area contributed by atoms with Crippen LogP contribution in [0.4, 0.5) is 0 Å². The van der Waals surface area contributed by atoms with Crippen molar-refractivity contribution < 1.29 is 10.2 Å². The first-order valence-corrected chi connectivity index (χ1v) is 7.43. The second-order valence-electron chi connectivity index (χ2n) is 4.61. The van der Waals surface area contributed by atoms with E-state index < -0.39 is 12.2 Å². The van der Waals surface area contributed by atoms with E-state index in [-0.39, 0.29) is 5.92 Å². The molecule has 0 aromatic carbocycles. The van der Waals surface area contributed by atoms with Crippen LogP contribution in [0.5, 0.6) is 0 Å². The molecule has 0 aliphatic carbocycles. The summed E-state index contributed by atoms with van der Waals surface area (Å²) in [5, 5.41) is 24.8. The van der Waals surface area contributed by atoms with Crippen molar-refractivity contribution in [2.24, 2.45) is 5.92 Å². The lowest BCUT2D eigenvalue weighted by molar-refractivity contribution is -0.0256. The lowest BCUT2D eigenvalue weighted by Gasteiger charge is -2.25. The fourth-order valence-corrected chi connectivity index (χ4v) is 2.78. The molecule has 0 saturated carbocycles. The number of halogens is 1. The summed E-state index contributed by atoms with van der Waals surface area (Å²) >= 11 is 3.39. The molecule has 104 valence electrons. The Kier molecular flexibility index (Phi) is 6.32. The molecule has 2 atom stereocenters. The van der Waals surface area contributed by atoms with Gasteiger partial charge in [0.15, 0.2) is 0 Å². The molecular weight excluding hydrogens is 296 g/mol. The van der Waals surface area contributed by atoms with Crippen LogP contribution in [-0.2, 0) is 6.54 Å². The first-order chi connectivity index (χ1) is 8.56. The number of hydrogen-bond donors (Lipinski definition) is 2. The van der Waals surface area contributed by atoms with Gasteiger partial charge in [0, 0.05) is 6.54 Å². The van der Waals surface area contributed by atoms with Gasteiger partial charge < -0.3 is 10.2 Å². The molecule has 5 heteroatoms. The van der Waals surface area contributed by atoms with Crippen LogP contribution in [-0.4, -0.2) is 26.1 Å². The van der Waals surface area contributed by atoms with E-state index in [1.165, 1.54) is 0 Å². The molecule has 1 rings (SSSR count). The monoisotopic (exact) mass is 318 g/mol. The molecule has 0 saturated heterocycles. The molecule has 18 heavy (non-hydrogen) atoms. The molecule has 0 amide bonds. The van der Waals surface area contributed by atoms with Gasteiger partial charge in [-0.15, -0.1) is 0 Å². The van der Waals surface area contributed by atoms with E-state index in [0.29, 0.717) is 5.69 Å². The van der Waals surface area contributed by atoms with Gasteiger partial charge in [-0.05, 0) is 28.3 Å². The molecule has 0 radical (unpaired) electrons. The van der Waals surface area contributed by atoms with Crippen LogP contribution in [0.1, 0.15) is 51.8 Å². The van der Waals surface area contributed by atoms with Gasteiger partial charge in [-0.2, -0.15) is 5.10 Å². The van der Waals surface area contributed by atoms with Crippen LogP contribution >= 0.6 is 15.9 Å². The van der Waals surface area contributed by atoms with Gasteiger partial charge in [-0.25, -0.2) is 0 Å². The van der Waals surface area contributed by atoms with Gasteiger partial charge in [0.25, 0.3) is 0 Å². The molecule has 4 nitrogen and oxygen atoms in total. The van der Waals surface area contributed by atoms with Crippen LogP contribution in [0, 0.1) is 5.92 Å². The molecule has 2 N–H and O–H groups in total. The SMILES string of the molecule is CCCn1ncc(Br)c1C(O)C(O)C(CC)CC. The van der Waals surface area contributed by atoms with Gasteiger partial charge in [0.1, 0.15) is 6.10 Å². The molecular formula is C13H23BrN2O2. The summed E-state index contributed by atoms with van der Waals surface area (Å²) in [5.41, 5.74) is 0.677. The molecule has 1 aromatic rings. The topological polar surface area (TPSA) is 58.3 Å². The highest BCUT2D eigenvalue weighted by atomic mass is 79.9. The number of rotatable bonds is 7. The summed E-state index contributed by atoms with van der Waals surface area (Å²) in [6, 6.07) is 0. The zero-order valence-electron chi connectivity index (χ0n) is 11.3. The second kappa shape index (κ2) is 7.26. The predicted molar refractivity (Wildman–Crippen MR) is 75.3 cm³/mol. The maximum Gasteiger partial charge on any atom is 0.123 e. The highest BCUT2D eigenvalue weighted by Gasteiger charge is 2.29. The minimum Gasteiger partial charge on any atom is -0.390 e. The van der Waals surface area contributed by atoms with E-state index in [4.69, 9.17) is 0 Å². The average Bonchev–Trinajstić information content (AvgIpc) is 2.71. The molecule has 2 unspecified atom stereocenters. The zero-order chi connectivity index (χ0) is 13.7. The minimum absolute atomic E-state index is 0.108. The summed E-state index contributed by atoms with van der Waals surface area (Å²) < 4.78 is 2.52. The van der Waals surface area contributed by atoms with E-state index in [9.17, 15) is 10.2 Å². The molecule has 0 fully saturated rings. The number of aliphatic hydroxyl groups excluding tert-OH is 2. The highest BCUT2D eigenvalue weighted by Crippen LogP contribution is 2.30. The van der Waals surface area contributed by atoms with Gasteiger partial charge >= 0.3 is 0 Å². The van der Waals surface area contributed by atoms with Crippen LogP contribution in [0.15, 0.2) is 10.7 Å². The third-order valence-electron chi connectivity index (χ3n) is 3.40. The molecule has 0 spiro atoms. The Bertz CT molecular complexity index is 364. The van der Waals surface area contributed by atoms with Gasteiger partial charge in [0.05, 0.1) is 22.5 Å². The Morgan fingerprint density at radius 2 is 1.89 bits per heavy atom. The molecule has 0 aliphatic heterocycles. The van der Waals surface area contributed by atoms with Crippen LogP contribution < -0.4 is 0 Å². The molecule has 0 bridgehead atoms. The molecule has 0 aliphatic rings.